The normalized spacial score (nSPS) is 14.2. The van der Waals surface area contributed by atoms with Crippen molar-refractivity contribution in [2.45, 2.75) is 25.7 Å². The van der Waals surface area contributed by atoms with Crippen LogP contribution in [0.1, 0.15) is 34.9 Å². The fourth-order valence-corrected chi connectivity index (χ4v) is 4.81. The second kappa shape index (κ2) is 13.8. The van der Waals surface area contributed by atoms with E-state index in [4.69, 9.17) is 14.2 Å². The number of carbonyl (C=O) groups excluding carboxylic acids is 2. The fourth-order valence-electron chi connectivity index (χ4n) is 4.81. The van der Waals surface area contributed by atoms with Crippen LogP contribution in [0.15, 0.2) is 60.7 Å². The fraction of sp³-hybridized carbons (Fsp3) is 0.258. The molecule has 3 amide bonds. The summed E-state index contributed by atoms with van der Waals surface area (Å²) in [5.41, 5.74) is 0.522. The molecule has 2 heterocycles. The van der Waals surface area contributed by atoms with Gasteiger partial charge in [-0.3, -0.25) is 0 Å². The maximum absolute atomic E-state index is 14.5. The SMILES string of the molecule is CN(C(=O)Nc1ccc(F)c(C(F)F)c1)[C@@H]1COCc2nc(OCCNC(=O)OCc3ccccc3)c3cc(F)c(F)cc3c21. The summed E-state index contributed by atoms with van der Waals surface area (Å²) in [5, 5.41) is 5.29. The molecule has 4 aromatic rings. The molecule has 1 atom stereocenters. The number of carbonyl (C=O) groups is 2. The monoisotopic (exact) mass is 630 g/mol. The molecule has 1 aliphatic heterocycles. The Labute approximate surface area is 253 Å². The molecule has 5 rings (SSSR count). The highest BCUT2D eigenvalue weighted by Gasteiger charge is 2.32. The summed E-state index contributed by atoms with van der Waals surface area (Å²) in [6, 6.07) is 12.1. The third-order valence-electron chi connectivity index (χ3n) is 7.07. The molecule has 1 aromatic heterocycles. The van der Waals surface area contributed by atoms with Crippen LogP contribution in [0.5, 0.6) is 5.88 Å². The van der Waals surface area contributed by atoms with Crippen molar-refractivity contribution in [3.05, 3.63) is 100 Å². The number of alkyl halides is 2. The van der Waals surface area contributed by atoms with Crippen molar-refractivity contribution in [2.24, 2.45) is 0 Å². The van der Waals surface area contributed by atoms with E-state index in [-0.39, 0.29) is 61.0 Å². The molecule has 1 aliphatic rings. The highest BCUT2D eigenvalue weighted by molar-refractivity contribution is 5.93. The molecule has 9 nitrogen and oxygen atoms in total. The number of anilines is 1. The number of fused-ring (bicyclic) bond motifs is 3. The van der Waals surface area contributed by atoms with Crippen LogP contribution in [0.4, 0.5) is 37.2 Å². The number of pyridine rings is 1. The zero-order valence-corrected chi connectivity index (χ0v) is 23.8. The van der Waals surface area contributed by atoms with Crippen molar-refractivity contribution in [2.75, 3.05) is 32.1 Å². The van der Waals surface area contributed by atoms with Crippen molar-refractivity contribution in [3.63, 3.8) is 0 Å². The zero-order chi connectivity index (χ0) is 32.1. The first-order valence-corrected chi connectivity index (χ1v) is 13.7. The van der Waals surface area contributed by atoms with Crippen molar-refractivity contribution in [3.8, 4) is 5.88 Å². The van der Waals surface area contributed by atoms with Gasteiger partial charge in [0, 0.05) is 23.7 Å². The quantitative estimate of drug-likeness (QED) is 0.159. The van der Waals surface area contributed by atoms with Gasteiger partial charge >= 0.3 is 12.1 Å². The molecule has 0 fully saturated rings. The van der Waals surface area contributed by atoms with Crippen molar-refractivity contribution in [1.29, 1.82) is 0 Å². The van der Waals surface area contributed by atoms with E-state index in [1.54, 1.807) is 12.1 Å². The minimum Gasteiger partial charge on any atom is -0.475 e. The molecule has 0 unspecified atom stereocenters. The molecule has 3 aromatic carbocycles. The smallest absolute Gasteiger partial charge is 0.407 e. The Kier molecular flexibility index (Phi) is 9.62. The number of benzene rings is 3. The standard InChI is InChI=1S/C31H27F5N4O5/c1-40(30(41)38-18-7-8-22(32)21(11-18)28(35)36)26-16-43-15-25-27(26)19-12-23(33)24(34)13-20(19)29(39-25)44-10-9-37-31(42)45-14-17-5-3-2-4-6-17/h2-8,11-13,26,28H,9-10,14-16H2,1H3,(H,37,42)(H,38,41)/t26-/m1/s1. The summed E-state index contributed by atoms with van der Waals surface area (Å²) in [5.74, 6) is -3.47. The summed E-state index contributed by atoms with van der Waals surface area (Å²) in [7, 11) is 1.40. The van der Waals surface area contributed by atoms with E-state index in [0.29, 0.717) is 5.56 Å². The van der Waals surface area contributed by atoms with Gasteiger partial charge in [-0.05, 0) is 41.3 Å². The van der Waals surface area contributed by atoms with Crippen molar-refractivity contribution >= 4 is 28.6 Å². The van der Waals surface area contributed by atoms with Crippen LogP contribution in [-0.4, -0.2) is 48.8 Å². The van der Waals surface area contributed by atoms with E-state index in [9.17, 15) is 31.5 Å². The van der Waals surface area contributed by atoms with E-state index in [0.717, 1.165) is 35.9 Å². The van der Waals surface area contributed by atoms with Crippen LogP contribution in [0, 0.1) is 17.5 Å². The van der Waals surface area contributed by atoms with E-state index in [1.807, 2.05) is 18.2 Å². The number of alkyl carbamates (subject to hydrolysis) is 1. The number of nitrogens with one attached hydrogen (secondary N) is 2. The van der Waals surface area contributed by atoms with E-state index >= 15 is 0 Å². The highest BCUT2D eigenvalue weighted by atomic mass is 19.3. The molecule has 0 saturated heterocycles. The average molecular weight is 631 g/mol. The molecule has 45 heavy (non-hydrogen) atoms. The maximum atomic E-state index is 14.5. The first-order valence-electron chi connectivity index (χ1n) is 13.7. The summed E-state index contributed by atoms with van der Waals surface area (Å²) in [4.78, 5) is 30.8. The van der Waals surface area contributed by atoms with Gasteiger partial charge in [-0.1, -0.05) is 30.3 Å². The predicted molar refractivity (Wildman–Crippen MR) is 152 cm³/mol. The lowest BCUT2D eigenvalue weighted by molar-refractivity contribution is 0.0524. The Morgan fingerprint density at radius 2 is 1.76 bits per heavy atom. The molecule has 0 aliphatic carbocycles. The lowest BCUT2D eigenvalue weighted by Crippen LogP contribution is -2.39. The highest BCUT2D eigenvalue weighted by Crippen LogP contribution is 2.39. The number of nitrogens with zero attached hydrogens (tertiary/aromatic N) is 2. The van der Waals surface area contributed by atoms with Crippen molar-refractivity contribution < 1.29 is 45.8 Å². The molecule has 2 N–H and O–H groups in total. The number of hydrogen-bond donors (Lipinski definition) is 2. The number of rotatable bonds is 9. The van der Waals surface area contributed by atoms with E-state index in [1.165, 1.54) is 11.9 Å². The number of urea groups is 1. The minimum atomic E-state index is -3.09. The Morgan fingerprint density at radius 3 is 2.49 bits per heavy atom. The first-order chi connectivity index (χ1) is 21.6. The van der Waals surface area contributed by atoms with Crippen LogP contribution in [-0.2, 0) is 22.7 Å². The van der Waals surface area contributed by atoms with Crippen LogP contribution in [0.25, 0.3) is 10.8 Å². The zero-order valence-electron chi connectivity index (χ0n) is 23.8. The van der Waals surface area contributed by atoms with Gasteiger partial charge < -0.3 is 29.7 Å². The van der Waals surface area contributed by atoms with Crippen LogP contribution >= 0.6 is 0 Å². The Morgan fingerprint density at radius 1 is 1.02 bits per heavy atom. The summed E-state index contributed by atoms with van der Waals surface area (Å²) < 4.78 is 85.5. The molecule has 0 spiro atoms. The van der Waals surface area contributed by atoms with Crippen LogP contribution < -0.4 is 15.4 Å². The molecule has 0 radical (unpaired) electrons. The minimum absolute atomic E-state index is 0.0102. The van der Waals surface area contributed by atoms with Crippen LogP contribution in [0.2, 0.25) is 0 Å². The Balaban J connectivity index is 1.32. The second-order valence-corrected chi connectivity index (χ2v) is 10.0. The number of ether oxygens (including phenoxy) is 3. The van der Waals surface area contributed by atoms with Crippen molar-refractivity contribution in [1.82, 2.24) is 15.2 Å². The number of likely N-dealkylation sites (N-methyl/N-ethyl adjacent to an activating group) is 1. The number of halogens is 5. The summed E-state index contributed by atoms with van der Waals surface area (Å²) in [6.45, 7) is -0.0922. The molecule has 0 bridgehead atoms. The molecule has 14 heteroatoms. The predicted octanol–water partition coefficient (Wildman–Crippen LogP) is 6.63. The lowest BCUT2D eigenvalue weighted by Gasteiger charge is -2.34. The molecular weight excluding hydrogens is 603 g/mol. The average Bonchev–Trinajstić information content (AvgIpc) is 3.03. The summed E-state index contributed by atoms with van der Waals surface area (Å²) in [6.07, 6.45) is -3.77. The van der Waals surface area contributed by atoms with Gasteiger partial charge in [-0.2, -0.15) is 0 Å². The van der Waals surface area contributed by atoms with Gasteiger partial charge in [0.1, 0.15) is 19.0 Å². The second-order valence-electron chi connectivity index (χ2n) is 10.0. The first kappa shape index (κ1) is 31.4. The third kappa shape index (κ3) is 7.23. The number of amides is 3. The topological polar surface area (TPSA) is 102 Å². The largest absolute Gasteiger partial charge is 0.475 e. The lowest BCUT2D eigenvalue weighted by atomic mass is 9.95. The van der Waals surface area contributed by atoms with Gasteiger partial charge in [0.25, 0.3) is 6.43 Å². The van der Waals surface area contributed by atoms with E-state index < -0.39 is 47.6 Å². The Bertz CT molecular complexity index is 1710. The van der Waals surface area contributed by atoms with Gasteiger partial charge in [-0.15, -0.1) is 0 Å². The van der Waals surface area contributed by atoms with Gasteiger partial charge in [0.15, 0.2) is 11.6 Å². The van der Waals surface area contributed by atoms with Gasteiger partial charge in [-0.25, -0.2) is 36.5 Å². The van der Waals surface area contributed by atoms with Gasteiger partial charge in [0.05, 0.1) is 37.1 Å². The summed E-state index contributed by atoms with van der Waals surface area (Å²) >= 11 is 0. The number of aromatic nitrogens is 1. The van der Waals surface area contributed by atoms with Crippen LogP contribution in [0.3, 0.4) is 0 Å². The molecular formula is C31H27F5N4O5. The maximum Gasteiger partial charge on any atom is 0.407 e. The molecule has 236 valence electrons. The Hall–Kier alpha value is -4.98. The number of hydrogen-bond acceptors (Lipinski definition) is 6. The third-order valence-corrected chi connectivity index (χ3v) is 7.07. The van der Waals surface area contributed by atoms with E-state index in [2.05, 4.69) is 15.6 Å². The van der Waals surface area contributed by atoms with Gasteiger partial charge in [0.2, 0.25) is 5.88 Å². The molecule has 0 saturated carbocycles.